The molecule has 5 heteroatoms. The summed E-state index contributed by atoms with van der Waals surface area (Å²) in [5.74, 6) is 0.205. The summed E-state index contributed by atoms with van der Waals surface area (Å²) in [5.41, 5.74) is 5.79. The number of rotatable bonds is 6. The van der Waals surface area contributed by atoms with Crippen molar-refractivity contribution in [3.63, 3.8) is 0 Å². The quantitative estimate of drug-likeness (QED) is 0.615. The van der Waals surface area contributed by atoms with Crippen molar-refractivity contribution in [2.24, 2.45) is 11.7 Å². The third kappa shape index (κ3) is 5.48. The summed E-state index contributed by atoms with van der Waals surface area (Å²) < 4.78 is 4.81. The first-order valence-electron chi connectivity index (χ1n) is 6.33. The van der Waals surface area contributed by atoms with Crippen LogP contribution in [0.3, 0.4) is 0 Å². The summed E-state index contributed by atoms with van der Waals surface area (Å²) in [5, 5.41) is 12.3. The fourth-order valence-electron chi connectivity index (χ4n) is 2.16. The third-order valence-corrected chi connectivity index (χ3v) is 3.28. The zero-order chi connectivity index (χ0) is 12.7. The van der Waals surface area contributed by atoms with Gasteiger partial charge < -0.3 is 20.9 Å². The Morgan fingerprint density at radius 2 is 2.12 bits per heavy atom. The molecule has 0 aromatic rings. The molecule has 1 atom stereocenters. The molecule has 5 nitrogen and oxygen atoms in total. The van der Waals surface area contributed by atoms with Crippen LogP contribution in [0.25, 0.3) is 0 Å². The minimum absolute atomic E-state index is 0.0986. The van der Waals surface area contributed by atoms with E-state index in [4.69, 9.17) is 10.5 Å². The Hall–Kier alpha value is -0.650. The molecule has 0 saturated heterocycles. The van der Waals surface area contributed by atoms with Gasteiger partial charge in [-0.15, -0.1) is 0 Å². The van der Waals surface area contributed by atoms with E-state index in [0.717, 1.165) is 25.7 Å². The van der Waals surface area contributed by atoms with E-state index in [-0.39, 0.29) is 17.9 Å². The molecule has 0 aromatic carbocycles. The number of ether oxygens (including phenoxy) is 1. The first-order valence-corrected chi connectivity index (χ1v) is 6.33. The Labute approximate surface area is 103 Å². The van der Waals surface area contributed by atoms with Gasteiger partial charge in [-0.25, -0.2) is 0 Å². The molecule has 1 fully saturated rings. The topological polar surface area (TPSA) is 84.6 Å². The van der Waals surface area contributed by atoms with Gasteiger partial charge in [-0.3, -0.25) is 4.79 Å². The number of amides is 1. The van der Waals surface area contributed by atoms with Crippen molar-refractivity contribution in [3.05, 3.63) is 0 Å². The van der Waals surface area contributed by atoms with Crippen LogP contribution in [-0.4, -0.2) is 43.4 Å². The van der Waals surface area contributed by atoms with E-state index in [0.29, 0.717) is 19.6 Å². The van der Waals surface area contributed by atoms with Gasteiger partial charge in [-0.05, 0) is 32.1 Å². The molecule has 1 saturated carbocycles. The summed E-state index contributed by atoms with van der Waals surface area (Å²) in [7, 11) is 1.55. The van der Waals surface area contributed by atoms with Crippen LogP contribution in [0.4, 0.5) is 0 Å². The van der Waals surface area contributed by atoms with Crippen LogP contribution in [0, 0.1) is 5.92 Å². The van der Waals surface area contributed by atoms with Crippen LogP contribution in [0.5, 0.6) is 0 Å². The zero-order valence-corrected chi connectivity index (χ0v) is 10.5. The lowest BCUT2D eigenvalue weighted by molar-refractivity contribution is -0.126. The van der Waals surface area contributed by atoms with Gasteiger partial charge in [0.05, 0.1) is 12.7 Å². The van der Waals surface area contributed by atoms with Crippen molar-refractivity contribution in [2.75, 3.05) is 20.3 Å². The van der Waals surface area contributed by atoms with E-state index in [9.17, 15) is 9.90 Å². The predicted octanol–water partition coefficient (Wildman–Crippen LogP) is 0.0175. The number of aliphatic hydroxyl groups excluding tert-OH is 1. The Morgan fingerprint density at radius 1 is 1.47 bits per heavy atom. The molecule has 0 aliphatic heterocycles. The number of nitrogens with two attached hydrogens (primary N) is 1. The summed E-state index contributed by atoms with van der Waals surface area (Å²) >= 11 is 0. The maximum Gasteiger partial charge on any atom is 0.223 e. The Morgan fingerprint density at radius 3 is 2.71 bits per heavy atom. The van der Waals surface area contributed by atoms with Crippen molar-refractivity contribution in [1.82, 2.24) is 5.32 Å². The molecule has 100 valence electrons. The second kappa shape index (κ2) is 7.63. The minimum Gasteiger partial charge on any atom is -0.391 e. The van der Waals surface area contributed by atoms with Gasteiger partial charge in [0.15, 0.2) is 0 Å². The van der Waals surface area contributed by atoms with Crippen molar-refractivity contribution < 1.29 is 14.6 Å². The van der Waals surface area contributed by atoms with Crippen LogP contribution in [0.2, 0.25) is 0 Å². The van der Waals surface area contributed by atoms with Crippen LogP contribution < -0.4 is 11.1 Å². The summed E-state index contributed by atoms with van der Waals surface area (Å²) in [4.78, 5) is 11.8. The Kier molecular flexibility index (Phi) is 6.47. The monoisotopic (exact) mass is 244 g/mol. The van der Waals surface area contributed by atoms with Gasteiger partial charge in [-0.1, -0.05) is 0 Å². The number of hydrogen-bond acceptors (Lipinski definition) is 4. The lowest BCUT2D eigenvalue weighted by Gasteiger charge is -2.25. The number of aliphatic hydroxyl groups is 1. The van der Waals surface area contributed by atoms with Gasteiger partial charge in [0.2, 0.25) is 5.91 Å². The molecule has 4 N–H and O–H groups in total. The second-order valence-electron chi connectivity index (χ2n) is 4.80. The van der Waals surface area contributed by atoms with E-state index in [1.54, 1.807) is 7.11 Å². The van der Waals surface area contributed by atoms with Crippen LogP contribution >= 0.6 is 0 Å². The number of hydrogen-bond donors (Lipinski definition) is 3. The SMILES string of the molecule is COCC(O)CCNC(=O)C1CCC(N)CC1. The van der Waals surface area contributed by atoms with Crippen molar-refractivity contribution in [2.45, 2.75) is 44.2 Å². The highest BCUT2D eigenvalue weighted by molar-refractivity contribution is 5.78. The Balaban J connectivity index is 2.12. The number of methoxy groups -OCH3 is 1. The van der Waals surface area contributed by atoms with Gasteiger partial charge in [0.25, 0.3) is 0 Å². The van der Waals surface area contributed by atoms with Gasteiger partial charge in [-0.2, -0.15) is 0 Å². The molecule has 1 aliphatic rings. The first-order chi connectivity index (χ1) is 8.13. The van der Waals surface area contributed by atoms with E-state index >= 15 is 0 Å². The molecular formula is C12H24N2O3. The molecule has 0 bridgehead atoms. The minimum atomic E-state index is -0.500. The second-order valence-corrected chi connectivity index (χ2v) is 4.80. The number of carbonyl (C=O) groups is 1. The highest BCUT2D eigenvalue weighted by Crippen LogP contribution is 2.23. The molecule has 0 heterocycles. The molecule has 1 rings (SSSR count). The third-order valence-electron chi connectivity index (χ3n) is 3.28. The van der Waals surface area contributed by atoms with Crippen LogP contribution in [-0.2, 0) is 9.53 Å². The highest BCUT2D eigenvalue weighted by Gasteiger charge is 2.24. The fourth-order valence-corrected chi connectivity index (χ4v) is 2.16. The molecule has 0 radical (unpaired) electrons. The number of carbonyl (C=O) groups excluding carboxylic acids is 1. The van der Waals surface area contributed by atoms with Crippen LogP contribution in [0.1, 0.15) is 32.1 Å². The fraction of sp³-hybridized carbons (Fsp3) is 0.917. The molecule has 17 heavy (non-hydrogen) atoms. The summed E-state index contributed by atoms with van der Waals surface area (Å²) in [6.45, 7) is 0.820. The van der Waals surface area contributed by atoms with Gasteiger partial charge in [0, 0.05) is 25.6 Å². The standard InChI is InChI=1S/C12H24N2O3/c1-17-8-11(15)6-7-14-12(16)9-2-4-10(13)5-3-9/h9-11,15H,2-8,13H2,1H3,(H,14,16). The summed E-state index contributed by atoms with van der Waals surface area (Å²) in [6, 6.07) is 0.266. The first kappa shape index (κ1) is 14.4. The molecule has 0 spiro atoms. The average Bonchev–Trinajstić information content (AvgIpc) is 2.30. The summed E-state index contributed by atoms with van der Waals surface area (Å²) in [6.07, 6.45) is 3.67. The van der Waals surface area contributed by atoms with Crippen molar-refractivity contribution >= 4 is 5.91 Å². The molecule has 1 aliphatic carbocycles. The molecule has 0 aromatic heterocycles. The maximum absolute atomic E-state index is 11.8. The molecule has 1 amide bonds. The zero-order valence-electron chi connectivity index (χ0n) is 10.5. The van der Waals surface area contributed by atoms with E-state index in [1.807, 2.05) is 0 Å². The smallest absolute Gasteiger partial charge is 0.223 e. The highest BCUT2D eigenvalue weighted by atomic mass is 16.5. The van der Waals surface area contributed by atoms with Crippen molar-refractivity contribution in [3.8, 4) is 0 Å². The molecule has 1 unspecified atom stereocenters. The average molecular weight is 244 g/mol. The van der Waals surface area contributed by atoms with Crippen molar-refractivity contribution in [1.29, 1.82) is 0 Å². The lowest BCUT2D eigenvalue weighted by Crippen LogP contribution is -2.37. The van der Waals surface area contributed by atoms with Gasteiger partial charge in [0.1, 0.15) is 0 Å². The predicted molar refractivity (Wildman–Crippen MR) is 65.4 cm³/mol. The van der Waals surface area contributed by atoms with E-state index in [1.165, 1.54) is 0 Å². The van der Waals surface area contributed by atoms with Gasteiger partial charge >= 0.3 is 0 Å². The van der Waals surface area contributed by atoms with E-state index < -0.39 is 6.10 Å². The van der Waals surface area contributed by atoms with E-state index in [2.05, 4.69) is 5.32 Å². The van der Waals surface area contributed by atoms with Crippen LogP contribution in [0.15, 0.2) is 0 Å². The molecular weight excluding hydrogens is 220 g/mol. The maximum atomic E-state index is 11.8. The Bertz CT molecular complexity index is 228. The number of nitrogens with one attached hydrogen (secondary N) is 1. The largest absolute Gasteiger partial charge is 0.391 e. The lowest BCUT2D eigenvalue weighted by atomic mass is 9.86. The normalized spacial score (nSPS) is 26.5.